The Morgan fingerprint density at radius 1 is 1.03 bits per heavy atom. The van der Waals surface area contributed by atoms with Crippen LogP contribution >= 0.6 is 0 Å². The van der Waals surface area contributed by atoms with Crippen molar-refractivity contribution in [2.75, 3.05) is 6.61 Å². The molecule has 0 heterocycles. The van der Waals surface area contributed by atoms with E-state index in [0.29, 0.717) is 18.6 Å². The van der Waals surface area contributed by atoms with E-state index in [1.807, 2.05) is 43.3 Å². The first-order valence-corrected chi connectivity index (χ1v) is 12.5. The van der Waals surface area contributed by atoms with E-state index in [-0.39, 0.29) is 4.90 Å². The molecule has 0 radical (unpaired) electrons. The third-order valence-corrected chi connectivity index (χ3v) is 7.36. The number of aryl methyl sites for hydroxylation is 1. The fourth-order valence-electron chi connectivity index (χ4n) is 4.22. The number of sulfonamides is 1. The summed E-state index contributed by atoms with van der Waals surface area (Å²) in [5, 5.41) is 8.97. The van der Waals surface area contributed by atoms with Gasteiger partial charge in [-0.3, -0.25) is 0 Å². The number of ether oxygens (including phenoxy) is 1. The third-order valence-electron chi connectivity index (χ3n) is 5.89. The van der Waals surface area contributed by atoms with Crippen molar-refractivity contribution in [3.63, 3.8) is 0 Å². The number of hydrogen-bond donors (Lipinski definition) is 2. The Bertz CT molecular complexity index is 1250. The van der Waals surface area contributed by atoms with Crippen molar-refractivity contribution < 1.29 is 23.1 Å². The summed E-state index contributed by atoms with van der Waals surface area (Å²) in [7, 11) is -3.78. The molecular formula is C26H27NO5S. The van der Waals surface area contributed by atoms with E-state index in [1.165, 1.54) is 0 Å². The van der Waals surface area contributed by atoms with E-state index in [0.717, 1.165) is 40.7 Å². The number of rotatable bonds is 7. The predicted molar refractivity (Wildman–Crippen MR) is 127 cm³/mol. The zero-order valence-corrected chi connectivity index (χ0v) is 19.3. The van der Waals surface area contributed by atoms with Crippen LogP contribution in [-0.2, 0) is 21.2 Å². The Morgan fingerprint density at radius 2 is 1.79 bits per heavy atom. The van der Waals surface area contributed by atoms with Crippen molar-refractivity contribution in [3.8, 4) is 16.9 Å². The van der Waals surface area contributed by atoms with Gasteiger partial charge in [0.25, 0.3) is 0 Å². The van der Waals surface area contributed by atoms with Crippen molar-refractivity contribution in [2.45, 2.75) is 43.5 Å². The quantitative estimate of drug-likeness (QED) is 0.486. The van der Waals surface area contributed by atoms with E-state index >= 15 is 0 Å². The van der Waals surface area contributed by atoms with Gasteiger partial charge in [-0.15, -0.1) is 0 Å². The van der Waals surface area contributed by atoms with Gasteiger partial charge >= 0.3 is 5.97 Å². The number of benzene rings is 3. The SMILES string of the molecule is Cc1ccc(-c2cccc(S(=O)(=O)NC3CCCCc4c(OCC(=O)O)cccc43)c2)cc1. The van der Waals surface area contributed by atoms with Crippen molar-refractivity contribution in [3.05, 3.63) is 83.4 Å². The number of carboxylic acids is 1. The van der Waals surface area contributed by atoms with Crippen LogP contribution in [0.1, 0.15) is 42.0 Å². The second-order valence-electron chi connectivity index (χ2n) is 8.32. The van der Waals surface area contributed by atoms with Crippen LogP contribution in [0.4, 0.5) is 0 Å². The van der Waals surface area contributed by atoms with Crippen LogP contribution < -0.4 is 9.46 Å². The number of nitrogens with one attached hydrogen (secondary N) is 1. The minimum absolute atomic E-state index is 0.213. The molecule has 1 atom stereocenters. The summed E-state index contributed by atoms with van der Waals surface area (Å²) in [5.41, 5.74) is 4.65. The molecule has 0 fully saturated rings. The Balaban J connectivity index is 1.63. The highest BCUT2D eigenvalue weighted by Crippen LogP contribution is 2.35. The summed E-state index contributed by atoms with van der Waals surface area (Å²) >= 11 is 0. The van der Waals surface area contributed by atoms with Gasteiger partial charge in [-0.1, -0.05) is 60.5 Å². The summed E-state index contributed by atoms with van der Waals surface area (Å²) in [6.07, 6.45) is 3.10. The predicted octanol–water partition coefficient (Wildman–Crippen LogP) is 4.87. The van der Waals surface area contributed by atoms with Crippen molar-refractivity contribution in [1.82, 2.24) is 4.72 Å². The largest absolute Gasteiger partial charge is 0.482 e. The van der Waals surface area contributed by atoms with Crippen LogP contribution in [0, 0.1) is 6.92 Å². The molecule has 6 nitrogen and oxygen atoms in total. The van der Waals surface area contributed by atoms with Crippen LogP contribution in [0.25, 0.3) is 11.1 Å². The van der Waals surface area contributed by atoms with Gasteiger partial charge in [0.1, 0.15) is 5.75 Å². The number of carbonyl (C=O) groups is 1. The van der Waals surface area contributed by atoms with Crippen LogP contribution in [0.15, 0.2) is 71.6 Å². The zero-order valence-electron chi connectivity index (χ0n) is 18.5. The molecule has 3 aromatic rings. The normalized spacial score (nSPS) is 16.0. The molecule has 0 amide bonds. The first kappa shape index (κ1) is 23.0. The van der Waals surface area contributed by atoms with E-state index in [1.54, 1.807) is 30.3 Å². The molecule has 2 N–H and O–H groups in total. The highest BCUT2D eigenvalue weighted by molar-refractivity contribution is 7.89. The molecule has 1 aliphatic carbocycles. The number of carboxylic acid groups (broad SMARTS) is 1. The second kappa shape index (κ2) is 9.77. The molecule has 0 bridgehead atoms. The lowest BCUT2D eigenvalue weighted by Gasteiger charge is -2.21. The first-order valence-electron chi connectivity index (χ1n) is 11.0. The highest BCUT2D eigenvalue weighted by Gasteiger charge is 2.26. The van der Waals surface area contributed by atoms with E-state index in [2.05, 4.69) is 4.72 Å². The van der Waals surface area contributed by atoms with E-state index in [9.17, 15) is 13.2 Å². The molecule has 1 aliphatic rings. The second-order valence-corrected chi connectivity index (χ2v) is 10.0. The zero-order chi connectivity index (χ0) is 23.4. The van der Waals surface area contributed by atoms with Crippen LogP contribution in [0.2, 0.25) is 0 Å². The average molecular weight is 466 g/mol. The maximum atomic E-state index is 13.3. The number of hydrogen-bond acceptors (Lipinski definition) is 4. The van der Waals surface area contributed by atoms with Gasteiger partial charge in [0.05, 0.1) is 4.90 Å². The lowest BCUT2D eigenvalue weighted by Crippen LogP contribution is -2.29. The molecule has 1 unspecified atom stereocenters. The lowest BCUT2D eigenvalue weighted by atomic mass is 9.99. The minimum Gasteiger partial charge on any atom is -0.482 e. The van der Waals surface area contributed by atoms with E-state index < -0.39 is 28.6 Å². The maximum Gasteiger partial charge on any atom is 0.341 e. The molecular weight excluding hydrogens is 438 g/mol. The lowest BCUT2D eigenvalue weighted by molar-refractivity contribution is -0.139. The van der Waals surface area contributed by atoms with Crippen molar-refractivity contribution >= 4 is 16.0 Å². The van der Waals surface area contributed by atoms with Gasteiger partial charge in [0.15, 0.2) is 6.61 Å². The van der Waals surface area contributed by atoms with E-state index in [4.69, 9.17) is 9.84 Å². The minimum atomic E-state index is -3.78. The fraction of sp³-hybridized carbons (Fsp3) is 0.269. The molecule has 33 heavy (non-hydrogen) atoms. The average Bonchev–Trinajstić information content (AvgIpc) is 3.00. The Labute approximate surface area is 194 Å². The molecule has 0 aromatic heterocycles. The molecule has 7 heteroatoms. The molecule has 0 saturated heterocycles. The number of aliphatic carboxylic acids is 1. The fourth-order valence-corrected chi connectivity index (χ4v) is 5.52. The first-order chi connectivity index (χ1) is 15.8. The molecule has 172 valence electrons. The Morgan fingerprint density at radius 3 is 2.55 bits per heavy atom. The summed E-state index contributed by atoms with van der Waals surface area (Å²) in [6.45, 7) is 1.58. The topological polar surface area (TPSA) is 92.7 Å². The maximum absolute atomic E-state index is 13.3. The molecule has 3 aromatic carbocycles. The smallest absolute Gasteiger partial charge is 0.341 e. The van der Waals surface area contributed by atoms with Crippen LogP contribution in [0.3, 0.4) is 0 Å². The van der Waals surface area contributed by atoms with Gasteiger partial charge in [-0.2, -0.15) is 0 Å². The molecule has 4 rings (SSSR count). The van der Waals surface area contributed by atoms with Gasteiger partial charge in [-0.05, 0) is 66.6 Å². The summed E-state index contributed by atoms with van der Waals surface area (Å²) in [5.74, 6) is -0.547. The molecule has 0 aliphatic heterocycles. The number of fused-ring (bicyclic) bond motifs is 1. The summed E-state index contributed by atoms with van der Waals surface area (Å²) in [4.78, 5) is 11.2. The van der Waals surface area contributed by atoms with Crippen molar-refractivity contribution in [2.24, 2.45) is 0 Å². The van der Waals surface area contributed by atoms with Gasteiger partial charge < -0.3 is 9.84 Å². The van der Waals surface area contributed by atoms with Crippen LogP contribution in [-0.4, -0.2) is 26.1 Å². The summed E-state index contributed by atoms with van der Waals surface area (Å²) < 4.78 is 35.0. The standard InChI is InChI=1S/C26H27NO5S/c1-18-12-14-19(15-13-18)20-6-4-7-21(16-20)33(30,31)27-24-10-3-2-8-23-22(24)9-5-11-25(23)32-17-26(28)29/h4-7,9,11-16,24,27H,2-3,8,10,17H2,1H3,(H,28,29). The Hall–Kier alpha value is -3.16. The van der Waals surface area contributed by atoms with Gasteiger partial charge in [0.2, 0.25) is 10.0 Å². The van der Waals surface area contributed by atoms with Crippen LogP contribution in [0.5, 0.6) is 5.75 Å². The van der Waals surface area contributed by atoms with Gasteiger partial charge in [0, 0.05) is 6.04 Å². The third kappa shape index (κ3) is 5.43. The highest BCUT2D eigenvalue weighted by atomic mass is 32.2. The summed E-state index contributed by atoms with van der Waals surface area (Å²) in [6, 6.07) is 19.9. The molecule has 0 spiro atoms. The van der Waals surface area contributed by atoms with Crippen molar-refractivity contribution in [1.29, 1.82) is 0 Å². The van der Waals surface area contributed by atoms with Gasteiger partial charge in [-0.25, -0.2) is 17.9 Å². The molecule has 0 saturated carbocycles. The monoisotopic (exact) mass is 465 g/mol. The Kier molecular flexibility index (Phi) is 6.81.